The number of rotatable bonds is 1. The van der Waals surface area contributed by atoms with Crippen LogP contribution in [-0.2, 0) is 10.8 Å². The van der Waals surface area contributed by atoms with Gasteiger partial charge >= 0.3 is 0 Å². The molecule has 0 bridgehead atoms. The first-order valence-corrected chi connectivity index (χ1v) is 8.35. The first-order valence-electron chi connectivity index (χ1n) is 7.56. The Labute approximate surface area is 135 Å². The largest absolute Gasteiger partial charge is 0.263 e. The molecule has 3 rings (SSSR count). The number of hydrogen-bond acceptors (Lipinski definition) is 1. The lowest BCUT2D eigenvalue weighted by Gasteiger charge is -2.42. The lowest BCUT2D eigenvalue weighted by atomic mass is 9.63. The molecule has 0 saturated carbocycles. The Kier molecular flexibility index (Phi) is 3.48. The maximum Gasteiger partial charge on any atom is 0.0410 e. The van der Waals surface area contributed by atoms with E-state index in [1.807, 2.05) is 12.4 Å². The van der Waals surface area contributed by atoms with Gasteiger partial charge in [-0.2, -0.15) is 0 Å². The number of aromatic nitrogens is 1. The summed E-state index contributed by atoms with van der Waals surface area (Å²) < 4.78 is 1.03. The van der Waals surface area contributed by atoms with Crippen LogP contribution in [0.2, 0.25) is 0 Å². The Hall–Kier alpha value is -1.15. The lowest BCUT2D eigenvalue weighted by Crippen LogP contribution is -2.33. The van der Waals surface area contributed by atoms with Crippen molar-refractivity contribution >= 4 is 15.9 Å². The van der Waals surface area contributed by atoms with Gasteiger partial charge in [-0.15, -0.1) is 0 Å². The third-order valence-corrected chi connectivity index (χ3v) is 5.32. The van der Waals surface area contributed by atoms with Crippen molar-refractivity contribution in [2.45, 2.75) is 51.4 Å². The smallest absolute Gasteiger partial charge is 0.0410 e. The van der Waals surface area contributed by atoms with E-state index in [4.69, 9.17) is 0 Å². The van der Waals surface area contributed by atoms with Crippen LogP contribution in [0.1, 0.15) is 51.7 Å². The van der Waals surface area contributed by atoms with Gasteiger partial charge in [0.25, 0.3) is 0 Å². The second kappa shape index (κ2) is 4.95. The van der Waals surface area contributed by atoms with Crippen molar-refractivity contribution in [3.8, 4) is 11.1 Å². The molecule has 1 heterocycles. The Balaban J connectivity index is 2.16. The van der Waals surface area contributed by atoms with Crippen LogP contribution in [0.3, 0.4) is 0 Å². The molecule has 0 spiro atoms. The number of nitrogens with zero attached hydrogens (tertiary/aromatic N) is 1. The highest BCUT2D eigenvalue weighted by atomic mass is 79.9. The number of hydrogen-bond donors (Lipinski definition) is 0. The van der Waals surface area contributed by atoms with E-state index in [9.17, 15) is 0 Å². The quantitative estimate of drug-likeness (QED) is 0.631. The van der Waals surface area contributed by atoms with Crippen molar-refractivity contribution < 1.29 is 0 Å². The minimum Gasteiger partial charge on any atom is -0.263 e. The fourth-order valence-corrected chi connectivity index (χ4v) is 3.70. The van der Waals surface area contributed by atoms with E-state index >= 15 is 0 Å². The van der Waals surface area contributed by atoms with Crippen LogP contribution in [-0.4, -0.2) is 4.98 Å². The van der Waals surface area contributed by atoms with Crippen molar-refractivity contribution in [1.82, 2.24) is 4.98 Å². The summed E-state index contributed by atoms with van der Waals surface area (Å²) in [4.78, 5) is 4.29. The second-order valence-electron chi connectivity index (χ2n) is 7.42. The summed E-state index contributed by atoms with van der Waals surface area (Å²) in [5, 5.41) is 0. The third kappa shape index (κ3) is 2.66. The molecule has 0 fully saturated rings. The number of fused-ring (bicyclic) bond motifs is 1. The predicted molar refractivity (Wildman–Crippen MR) is 92.7 cm³/mol. The molecule has 2 aromatic rings. The highest BCUT2D eigenvalue weighted by Gasteiger charge is 2.36. The molecule has 1 nitrogen and oxygen atoms in total. The zero-order valence-electron chi connectivity index (χ0n) is 13.2. The van der Waals surface area contributed by atoms with Gasteiger partial charge in [0.1, 0.15) is 0 Å². The molecular weight excluding hydrogens is 322 g/mol. The lowest BCUT2D eigenvalue weighted by molar-refractivity contribution is 0.332. The molecule has 1 aromatic carbocycles. The van der Waals surface area contributed by atoms with Crippen LogP contribution in [0.25, 0.3) is 11.1 Å². The Morgan fingerprint density at radius 2 is 1.52 bits per heavy atom. The molecule has 1 aliphatic carbocycles. The van der Waals surface area contributed by atoms with Crippen LogP contribution in [0.5, 0.6) is 0 Å². The summed E-state index contributed by atoms with van der Waals surface area (Å²) in [6.45, 7) is 9.46. The average molecular weight is 344 g/mol. The minimum absolute atomic E-state index is 0.250. The van der Waals surface area contributed by atoms with Crippen molar-refractivity contribution in [2.24, 2.45) is 0 Å². The van der Waals surface area contributed by atoms with Crippen molar-refractivity contribution in [3.05, 3.63) is 52.3 Å². The summed E-state index contributed by atoms with van der Waals surface area (Å²) >= 11 is 3.51. The van der Waals surface area contributed by atoms with Gasteiger partial charge in [-0.05, 0) is 62.4 Å². The van der Waals surface area contributed by atoms with E-state index in [2.05, 4.69) is 72.9 Å². The van der Waals surface area contributed by atoms with Gasteiger partial charge in [0.05, 0.1) is 0 Å². The maximum absolute atomic E-state index is 4.29. The number of benzene rings is 1. The standard InChI is InChI=1S/C19H22BrN/c1-18(2)7-8-19(3,4)17-10-13(5-6-16(17)18)14-9-15(20)12-21-11-14/h5-6,9-12H,7-8H2,1-4H3. The van der Waals surface area contributed by atoms with E-state index in [1.54, 1.807) is 0 Å². The molecule has 0 amide bonds. The van der Waals surface area contributed by atoms with Crippen molar-refractivity contribution in [3.63, 3.8) is 0 Å². The molecule has 1 aromatic heterocycles. The van der Waals surface area contributed by atoms with Crippen LogP contribution in [0.4, 0.5) is 0 Å². The SMILES string of the molecule is CC1(C)CCC(C)(C)c2cc(-c3cncc(Br)c3)ccc21. The van der Waals surface area contributed by atoms with E-state index in [1.165, 1.54) is 35.1 Å². The molecule has 0 saturated heterocycles. The van der Waals surface area contributed by atoms with E-state index in [0.29, 0.717) is 0 Å². The predicted octanol–water partition coefficient (Wildman–Crippen LogP) is 5.86. The summed E-state index contributed by atoms with van der Waals surface area (Å²) in [6, 6.07) is 9.08. The Morgan fingerprint density at radius 1 is 0.857 bits per heavy atom. The molecule has 0 unspecified atom stereocenters. The van der Waals surface area contributed by atoms with E-state index in [-0.39, 0.29) is 10.8 Å². The van der Waals surface area contributed by atoms with E-state index < -0.39 is 0 Å². The molecule has 0 radical (unpaired) electrons. The van der Waals surface area contributed by atoms with Crippen LogP contribution >= 0.6 is 15.9 Å². The van der Waals surface area contributed by atoms with Gasteiger partial charge in [0, 0.05) is 22.4 Å². The summed E-state index contributed by atoms with van der Waals surface area (Å²) in [5.41, 5.74) is 5.96. The molecule has 1 aliphatic rings. The fraction of sp³-hybridized carbons (Fsp3) is 0.421. The molecule has 110 valence electrons. The second-order valence-corrected chi connectivity index (χ2v) is 8.34. The highest BCUT2D eigenvalue weighted by Crippen LogP contribution is 2.46. The summed E-state index contributed by atoms with van der Waals surface area (Å²) in [7, 11) is 0. The van der Waals surface area contributed by atoms with Gasteiger partial charge in [0.15, 0.2) is 0 Å². The molecule has 0 aliphatic heterocycles. The first kappa shape index (κ1) is 14.8. The maximum atomic E-state index is 4.29. The number of halogens is 1. The zero-order chi connectivity index (χ0) is 15.3. The zero-order valence-corrected chi connectivity index (χ0v) is 14.8. The van der Waals surface area contributed by atoms with Gasteiger partial charge in [0.2, 0.25) is 0 Å². The molecule has 0 atom stereocenters. The third-order valence-electron chi connectivity index (χ3n) is 4.89. The Bertz CT molecular complexity index is 686. The average Bonchev–Trinajstić information content (AvgIpc) is 2.44. The molecular formula is C19H22BrN. The first-order chi connectivity index (χ1) is 9.79. The molecule has 0 N–H and O–H groups in total. The van der Waals surface area contributed by atoms with Crippen LogP contribution < -0.4 is 0 Å². The van der Waals surface area contributed by atoms with Gasteiger partial charge in [-0.1, -0.05) is 45.9 Å². The summed E-state index contributed by atoms with van der Waals surface area (Å²) in [5.74, 6) is 0. The van der Waals surface area contributed by atoms with Crippen molar-refractivity contribution in [2.75, 3.05) is 0 Å². The Morgan fingerprint density at radius 3 is 2.19 bits per heavy atom. The van der Waals surface area contributed by atoms with Crippen LogP contribution in [0, 0.1) is 0 Å². The van der Waals surface area contributed by atoms with Gasteiger partial charge < -0.3 is 0 Å². The number of pyridine rings is 1. The van der Waals surface area contributed by atoms with E-state index in [0.717, 1.165) is 4.47 Å². The topological polar surface area (TPSA) is 12.9 Å². The van der Waals surface area contributed by atoms with Gasteiger partial charge in [-0.3, -0.25) is 4.98 Å². The monoisotopic (exact) mass is 343 g/mol. The normalized spacial score (nSPS) is 19.1. The molecule has 21 heavy (non-hydrogen) atoms. The summed E-state index contributed by atoms with van der Waals surface area (Å²) in [6.07, 6.45) is 6.26. The van der Waals surface area contributed by atoms with Gasteiger partial charge in [-0.25, -0.2) is 0 Å². The van der Waals surface area contributed by atoms with Crippen LogP contribution in [0.15, 0.2) is 41.1 Å². The highest BCUT2D eigenvalue weighted by molar-refractivity contribution is 9.10. The molecule has 2 heteroatoms. The fourth-order valence-electron chi connectivity index (χ4n) is 3.34. The van der Waals surface area contributed by atoms with Crippen molar-refractivity contribution in [1.29, 1.82) is 0 Å². The minimum atomic E-state index is 0.250.